The number of para-hydroxylation sites is 2. The second kappa shape index (κ2) is 8.38. The van der Waals surface area contributed by atoms with Crippen molar-refractivity contribution < 1.29 is 4.79 Å². The molecule has 0 radical (unpaired) electrons. The number of allylic oxidation sites excluding steroid dienone is 1. The number of hydrogen-bond donors (Lipinski definition) is 1. The van der Waals surface area contributed by atoms with Crippen LogP contribution in [-0.4, -0.2) is 28.3 Å². The molecule has 5 heteroatoms. The number of thioether (sulfide) groups is 1. The van der Waals surface area contributed by atoms with Crippen LogP contribution in [0.2, 0.25) is 0 Å². The Hall–Kier alpha value is -1.75. The number of carbonyl (C=O) groups excluding carboxylic acids is 1. The highest BCUT2D eigenvalue weighted by Gasteiger charge is 2.13. The molecule has 0 bridgehead atoms. The smallest absolute Gasteiger partial charge is 0.240 e. The van der Waals surface area contributed by atoms with Crippen LogP contribution in [0.15, 0.2) is 35.9 Å². The van der Waals surface area contributed by atoms with Crippen LogP contribution in [0.3, 0.4) is 0 Å². The molecule has 24 heavy (non-hydrogen) atoms. The van der Waals surface area contributed by atoms with Crippen LogP contribution in [0.4, 0.5) is 0 Å². The van der Waals surface area contributed by atoms with Crippen molar-refractivity contribution in [2.75, 3.05) is 12.8 Å². The molecule has 2 aromatic rings. The lowest BCUT2D eigenvalue weighted by Crippen LogP contribution is -2.29. The number of hydrogen-bond acceptors (Lipinski definition) is 3. The van der Waals surface area contributed by atoms with Gasteiger partial charge in [-0.3, -0.25) is 4.79 Å². The third-order valence-electron chi connectivity index (χ3n) is 4.46. The second-order valence-electron chi connectivity index (χ2n) is 6.24. The van der Waals surface area contributed by atoms with Crippen LogP contribution >= 0.6 is 11.8 Å². The van der Waals surface area contributed by atoms with Crippen LogP contribution in [0, 0.1) is 0 Å². The molecule has 0 saturated heterocycles. The lowest BCUT2D eigenvalue weighted by Gasteiger charge is -2.13. The van der Waals surface area contributed by atoms with E-state index in [1.165, 1.54) is 31.3 Å². The SMILES string of the molecule is CSCc1nc2ccccc2n1CC(=O)NCCC1=CCCCC1. The summed E-state index contributed by atoms with van der Waals surface area (Å²) in [6.45, 7) is 1.07. The van der Waals surface area contributed by atoms with Gasteiger partial charge < -0.3 is 9.88 Å². The van der Waals surface area contributed by atoms with E-state index < -0.39 is 0 Å². The Kier molecular flexibility index (Phi) is 5.96. The molecule has 1 aliphatic carbocycles. The first-order chi connectivity index (χ1) is 11.8. The van der Waals surface area contributed by atoms with Gasteiger partial charge in [-0.2, -0.15) is 11.8 Å². The van der Waals surface area contributed by atoms with Crippen LogP contribution in [0.5, 0.6) is 0 Å². The maximum absolute atomic E-state index is 12.4. The molecule has 0 unspecified atom stereocenters. The van der Waals surface area contributed by atoms with Gasteiger partial charge in [0.25, 0.3) is 0 Å². The molecule has 0 fully saturated rings. The summed E-state index contributed by atoms with van der Waals surface area (Å²) in [6.07, 6.45) is 10.4. The zero-order valence-corrected chi connectivity index (χ0v) is 15.1. The molecule has 0 aliphatic heterocycles. The van der Waals surface area contributed by atoms with E-state index in [1.807, 2.05) is 28.8 Å². The van der Waals surface area contributed by atoms with E-state index in [0.29, 0.717) is 6.54 Å². The van der Waals surface area contributed by atoms with Crippen molar-refractivity contribution in [1.82, 2.24) is 14.9 Å². The molecule has 1 amide bonds. The van der Waals surface area contributed by atoms with Gasteiger partial charge in [-0.25, -0.2) is 4.98 Å². The molecule has 1 aromatic carbocycles. The zero-order chi connectivity index (χ0) is 16.8. The molecule has 1 aliphatic rings. The van der Waals surface area contributed by atoms with Gasteiger partial charge in [-0.1, -0.05) is 23.8 Å². The van der Waals surface area contributed by atoms with Crippen molar-refractivity contribution in [2.45, 2.75) is 44.4 Å². The van der Waals surface area contributed by atoms with Crippen LogP contribution in [-0.2, 0) is 17.1 Å². The Morgan fingerprint density at radius 1 is 1.33 bits per heavy atom. The van der Waals surface area contributed by atoms with Crippen molar-refractivity contribution in [3.8, 4) is 0 Å². The normalized spacial score (nSPS) is 14.6. The van der Waals surface area contributed by atoms with Gasteiger partial charge in [-0.15, -0.1) is 0 Å². The highest BCUT2D eigenvalue weighted by atomic mass is 32.2. The first-order valence-corrected chi connectivity index (χ1v) is 10.0. The Bertz CT molecular complexity index is 735. The summed E-state index contributed by atoms with van der Waals surface area (Å²) in [5, 5.41) is 3.07. The Morgan fingerprint density at radius 2 is 2.21 bits per heavy atom. The summed E-state index contributed by atoms with van der Waals surface area (Å²) in [5.74, 6) is 1.85. The van der Waals surface area contributed by atoms with Gasteiger partial charge in [0.05, 0.1) is 16.8 Å². The Balaban J connectivity index is 1.62. The molecule has 0 spiro atoms. The van der Waals surface area contributed by atoms with Gasteiger partial charge >= 0.3 is 0 Å². The predicted octanol–water partition coefficient (Wildman–Crippen LogP) is 3.91. The summed E-state index contributed by atoms with van der Waals surface area (Å²) >= 11 is 1.73. The number of amides is 1. The van der Waals surface area contributed by atoms with Crippen molar-refractivity contribution in [3.63, 3.8) is 0 Å². The Morgan fingerprint density at radius 3 is 3.00 bits per heavy atom. The molecule has 4 nitrogen and oxygen atoms in total. The van der Waals surface area contributed by atoms with E-state index in [-0.39, 0.29) is 5.91 Å². The first kappa shape index (κ1) is 17.1. The Labute approximate surface area is 147 Å². The van der Waals surface area contributed by atoms with Crippen molar-refractivity contribution in [1.29, 1.82) is 0 Å². The second-order valence-corrected chi connectivity index (χ2v) is 7.11. The minimum absolute atomic E-state index is 0.0666. The number of imidazole rings is 1. The molecule has 128 valence electrons. The van der Waals surface area contributed by atoms with E-state index in [9.17, 15) is 4.79 Å². The highest BCUT2D eigenvalue weighted by molar-refractivity contribution is 7.97. The third-order valence-corrected chi connectivity index (χ3v) is 5.01. The summed E-state index contributed by atoms with van der Waals surface area (Å²) in [7, 11) is 0. The summed E-state index contributed by atoms with van der Waals surface area (Å²) < 4.78 is 2.04. The van der Waals surface area contributed by atoms with Crippen LogP contribution in [0.1, 0.15) is 37.9 Å². The first-order valence-electron chi connectivity index (χ1n) is 8.65. The van der Waals surface area contributed by atoms with Crippen LogP contribution < -0.4 is 5.32 Å². The molecule has 1 aromatic heterocycles. The van der Waals surface area contributed by atoms with Gasteiger partial charge in [0.1, 0.15) is 12.4 Å². The molecule has 1 N–H and O–H groups in total. The van der Waals surface area contributed by atoms with Crippen molar-refractivity contribution in [3.05, 3.63) is 41.7 Å². The maximum Gasteiger partial charge on any atom is 0.240 e. The molecule has 3 rings (SSSR count). The maximum atomic E-state index is 12.4. The number of benzene rings is 1. The lowest BCUT2D eigenvalue weighted by atomic mass is 9.97. The topological polar surface area (TPSA) is 46.9 Å². The number of carbonyl (C=O) groups is 1. The summed E-state index contributed by atoms with van der Waals surface area (Å²) in [6, 6.07) is 8.02. The highest BCUT2D eigenvalue weighted by Crippen LogP contribution is 2.20. The molecular formula is C19H25N3OS. The quantitative estimate of drug-likeness (QED) is 0.776. The van der Waals surface area contributed by atoms with Gasteiger partial charge in [0.15, 0.2) is 0 Å². The average molecular weight is 343 g/mol. The van der Waals surface area contributed by atoms with Crippen molar-refractivity contribution >= 4 is 28.7 Å². The standard InChI is InChI=1S/C19H25N3OS/c1-24-14-18-21-16-9-5-6-10-17(16)22(18)13-19(23)20-12-11-15-7-3-2-4-8-15/h5-7,9-10H,2-4,8,11-14H2,1H3,(H,20,23). The third kappa shape index (κ3) is 4.20. The zero-order valence-electron chi connectivity index (χ0n) is 14.3. The van der Waals surface area contributed by atoms with Gasteiger partial charge in [-0.05, 0) is 50.5 Å². The molecular weight excluding hydrogens is 318 g/mol. The molecule has 0 saturated carbocycles. The molecule has 0 atom stereocenters. The van der Waals surface area contributed by atoms with Gasteiger partial charge in [0.2, 0.25) is 5.91 Å². The van der Waals surface area contributed by atoms with Crippen LogP contribution in [0.25, 0.3) is 11.0 Å². The van der Waals surface area contributed by atoms with E-state index in [0.717, 1.165) is 35.6 Å². The number of nitrogens with one attached hydrogen (secondary N) is 1. The fraction of sp³-hybridized carbons (Fsp3) is 0.474. The predicted molar refractivity (Wildman–Crippen MR) is 101 cm³/mol. The monoisotopic (exact) mass is 343 g/mol. The van der Waals surface area contributed by atoms with Gasteiger partial charge in [0, 0.05) is 6.54 Å². The van der Waals surface area contributed by atoms with E-state index in [1.54, 1.807) is 11.8 Å². The number of aromatic nitrogens is 2. The minimum Gasteiger partial charge on any atom is -0.354 e. The minimum atomic E-state index is 0.0666. The average Bonchev–Trinajstić information content (AvgIpc) is 2.94. The van der Waals surface area contributed by atoms with E-state index in [2.05, 4.69) is 22.6 Å². The number of rotatable bonds is 7. The fourth-order valence-corrected chi connectivity index (χ4v) is 3.71. The molecule has 1 heterocycles. The number of fused-ring (bicyclic) bond motifs is 1. The van der Waals surface area contributed by atoms with Crippen molar-refractivity contribution in [2.24, 2.45) is 0 Å². The van der Waals surface area contributed by atoms with E-state index >= 15 is 0 Å². The largest absolute Gasteiger partial charge is 0.354 e. The number of nitrogens with zero attached hydrogens (tertiary/aromatic N) is 2. The summed E-state index contributed by atoms with van der Waals surface area (Å²) in [4.78, 5) is 17.0. The summed E-state index contributed by atoms with van der Waals surface area (Å²) in [5.41, 5.74) is 3.49. The lowest BCUT2D eigenvalue weighted by molar-refractivity contribution is -0.121. The van der Waals surface area contributed by atoms with E-state index in [4.69, 9.17) is 0 Å². The fourth-order valence-electron chi connectivity index (χ4n) is 3.23.